The highest BCUT2D eigenvalue weighted by molar-refractivity contribution is 7.08. The summed E-state index contributed by atoms with van der Waals surface area (Å²) in [7, 11) is 1.31. The van der Waals surface area contributed by atoms with Crippen LogP contribution in [0.15, 0.2) is 41.1 Å². The molecule has 0 bridgehead atoms. The highest BCUT2D eigenvalue weighted by Gasteiger charge is 2.26. The van der Waals surface area contributed by atoms with Crippen LogP contribution in [-0.4, -0.2) is 30.8 Å². The van der Waals surface area contributed by atoms with Crippen LogP contribution < -0.4 is 5.32 Å². The van der Waals surface area contributed by atoms with Crippen LogP contribution in [0.4, 0.5) is 4.79 Å². The summed E-state index contributed by atoms with van der Waals surface area (Å²) in [6.45, 7) is 5.32. The van der Waals surface area contributed by atoms with Gasteiger partial charge in [0.1, 0.15) is 11.6 Å². The van der Waals surface area contributed by atoms with Crippen molar-refractivity contribution in [2.45, 2.75) is 45.3 Å². The topological polar surface area (TPSA) is 64.6 Å². The number of alkyl carbamates (subject to hydrolysis) is 1. The van der Waals surface area contributed by atoms with E-state index in [-0.39, 0.29) is 0 Å². The largest absolute Gasteiger partial charge is 0.467 e. The molecule has 6 heteroatoms. The van der Waals surface area contributed by atoms with Crippen LogP contribution in [0.5, 0.6) is 0 Å². The molecule has 1 aromatic carbocycles. The fourth-order valence-electron chi connectivity index (χ4n) is 2.51. The molecule has 0 saturated carbocycles. The molecule has 0 aliphatic carbocycles. The third-order valence-electron chi connectivity index (χ3n) is 3.67. The van der Waals surface area contributed by atoms with E-state index in [1.54, 1.807) is 32.1 Å². The van der Waals surface area contributed by atoms with Crippen LogP contribution in [0.3, 0.4) is 0 Å². The highest BCUT2D eigenvalue weighted by Crippen LogP contribution is 2.21. The van der Waals surface area contributed by atoms with Crippen molar-refractivity contribution >= 4 is 23.4 Å². The SMILES string of the molecule is COC(=O)C(Cc1cscc1Cc1ccccc1)NC(=O)OC(C)(C)C. The second-order valence-electron chi connectivity index (χ2n) is 7.01. The summed E-state index contributed by atoms with van der Waals surface area (Å²) >= 11 is 1.58. The first kappa shape index (κ1) is 20.0. The molecule has 140 valence electrons. The van der Waals surface area contributed by atoms with Crippen LogP contribution in [0.1, 0.15) is 37.5 Å². The average Bonchev–Trinajstić information content (AvgIpc) is 2.99. The molecule has 0 aliphatic rings. The predicted octanol–water partition coefficient (Wildman–Crippen LogP) is 3.95. The van der Waals surface area contributed by atoms with Crippen molar-refractivity contribution < 1.29 is 19.1 Å². The summed E-state index contributed by atoms with van der Waals surface area (Å²) in [4.78, 5) is 24.2. The van der Waals surface area contributed by atoms with Gasteiger partial charge in [0.05, 0.1) is 7.11 Å². The van der Waals surface area contributed by atoms with Crippen molar-refractivity contribution in [2.24, 2.45) is 0 Å². The molecule has 0 saturated heterocycles. The normalized spacial score (nSPS) is 12.3. The Labute approximate surface area is 158 Å². The zero-order valence-electron chi connectivity index (χ0n) is 15.6. The number of hydrogen-bond acceptors (Lipinski definition) is 5. The van der Waals surface area contributed by atoms with Crippen molar-refractivity contribution in [3.63, 3.8) is 0 Å². The molecule has 1 heterocycles. The number of amides is 1. The lowest BCUT2D eigenvalue weighted by Gasteiger charge is -2.22. The van der Waals surface area contributed by atoms with Crippen LogP contribution >= 0.6 is 11.3 Å². The quantitative estimate of drug-likeness (QED) is 0.777. The van der Waals surface area contributed by atoms with Gasteiger partial charge in [0, 0.05) is 6.42 Å². The summed E-state index contributed by atoms with van der Waals surface area (Å²) in [6, 6.07) is 9.33. The van der Waals surface area contributed by atoms with Gasteiger partial charge < -0.3 is 14.8 Å². The standard InChI is InChI=1S/C20H25NO4S/c1-20(2,3)25-19(23)21-17(18(22)24-4)11-16-13-26-12-15(16)10-14-8-6-5-7-9-14/h5-9,12-13,17H,10-11H2,1-4H3,(H,21,23). The second kappa shape index (κ2) is 8.85. The van der Waals surface area contributed by atoms with E-state index in [1.807, 2.05) is 23.6 Å². The summed E-state index contributed by atoms with van der Waals surface area (Å²) in [5, 5.41) is 6.70. The third-order valence-corrected chi connectivity index (χ3v) is 4.51. The van der Waals surface area contributed by atoms with Gasteiger partial charge >= 0.3 is 12.1 Å². The molecule has 1 atom stereocenters. The lowest BCUT2D eigenvalue weighted by atomic mass is 9.99. The highest BCUT2D eigenvalue weighted by atomic mass is 32.1. The number of rotatable bonds is 6. The van der Waals surface area contributed by atoms with Gasteiger partial charge in [-0.2, -0.15) is 11.3 Å². The number of nitrogens with one attached hydrogen (secondary N) is 1. The second-order valence-corrected chi connectivity index (χ2v) is 7.75. The summed E-state index contributed by atoms with van der Waals surface area (Å²) in [5.41, 5.74) is 2.72. The maximum absolute atomic E-state index is 12.1. The Bertz CT molecular complexity index is 734. The van der Waals surface area contributed by atoms with E-state index in [4.69, 9.17) is 9.47 Å². The number of methoxy groups -OCH3 is 1. The van der Waals surface area contributed by atoms with Crippen LogP contribution in [0.2, 0.25) is 0 Å². The monoisotopic (exact) mass is 375 g/mol. The number of hydrogen-bond donors (Lipinski definition) is 1. The molecular weight excluding hydrogens is 350 g/mol. The molecule has 5 nitrogen and oxygen atoms in total. The first-order chi connectivity index (χ1) is 12.3. The molecule has 1 unspecified atom stereocenters. The van der Waals surface area contributed by atoms with Crippen molar-refractivity contribution in [2.75, 3.05) is 7.11 Å². The summed E-state index contributed by atoms with van der Waals surface area (Å²) < 4.78 is 10.1. The van der Waals surface area contributed by atoms with Crippen LogP contribution in [0, 0.1) is 0 Å². The smallest absolute Gasteiger partial charge is 0.408 e. The van der Waals surface area contributed by atoms with Crippen LogP contribution in [-0.2, 0) is 27.1 Å². The van der Waals surface area contributed by atoms with Gasteiger partial charge in [-0.05, 0) is 54.6 Å². The molecule has 1 aromatic heterocycles. The van der Waals surface area contributed by atoms with Crippen molar-refractivity contribution in [1.82, 2.24) is 5.32 Å². The zero-order chi connectivity index (χ0) is 19.2. The molecule has 0 radical (unpaired) electrons. The van der Waals surface area contributed by atoms with Gasteiger partial charge in [-0.15, -0.1) is 0 Å². The number of benzene rings is 1. The minimum atomic E-state index is -0.793. The van der Waals surface area contributed by atoms with E-state index in [9.17, 15) is 9.59 Å². The molecule has 2 rings (SSSR count). The molecule has 26 heavy (non-hydrogen) atoms. The first-order valence-corrected chi connectivity index (χ1v) is 9.38. The number of thiophene rings is 1. The molecule has 2 aromatic rings. The molecule has 0 aliphatic heterocycles. The Balaban J connectivity index is 2.10. The van der Waals surface area contributed by atoms with E-state index < -0.39 is 23.7 Å². The maximum Gasteiger partial charge on any atom is 0.408 e. The third kappa shape index (κ3) is 6.19. The van der Waals surface area contributed by atoms with Gasteiger partial charge in [-0.1, -0.05) is 30.3 Å². The molecular formula is C20H25NO4S. The molecule has 1 amide bonds. The van der Waals surface area contributed by atoms with Crippen molar-refractivity contribution in [3.8, 4) is 0 Å². The Morgan fingerprint density at radius 2 is 1.77 bits per heavy atom. The summed E-state index contributed by atoms with van der Waals surface area (Å²) in [5.74, 6) is -0.493. The van der Waals surface area contributed by atoms with E-state index in [1.165, 1.54) is 12.7 Å². The molecule has 0 spiro atoms. The van der Waals surface area contributed by atoms with E-state index >= 15 is 0 Å². The number of carbonyl (C=O) groups is 2. The van der Waals surface area contributed by atoms with Crippen molar-refractivity contribution in [1.29, 1.82) is 0 Å². The fraction of sp³-hybridized carbons (Fsp3) is 0.400. The number of ether oxygens (including phenoxy) is 2. The minimum absolute atomic E-state index is 0.359. The minimum Gasteiger partial charge on any atom is -0.467 e. The van der Waals surface area contributed by atoms with E-state index in [0.717, 1.165) is 17.5 Å². The van der Waals surface area contributed by atoms with Gasteiger partial charge in [0.15, 0.2) is 0 Å². The van der Waals surface area contributed by atoms with Gasteiger partial charge in [0.2, 0.25) is 0 Å². The van der Waals surface area contributed by atoms with Gasteiger partial charge in [-0.25, -0.2) is 9.59 Å². The predicted molar refractivity (Wildman–Crippen MR) is 102 cm³/mol. The fourth-order valence-corrected chi connectivity index (χ4v) is 3.38. The van der Waals surface area contributed by atoms with Crippen molar-refractivity contribution in [3.05, 3.63) is 57.8 Å². The maximum atomic E-state index is 12.1. The Kier molecular flexibility index (Phi) is 6.80. The first-order valence-electron chi connectivity index (χ1n) is 8.43. The van der Waals surface area contributed by atoms with E-state index in [0.29, 0.717) is 6.42 Å². The Morgan fingerprint density at radius 1 is 1.12 bits per heavy atom. The van der Waals surface area contributed by atoms with Crippen LogP contribution in [0.25, 0.3) is 0 Å². The van der Waals surface area contributed by atoms with E-state index in [2.05, 4.69) is 22.8 Å². The molecule has 1 N–H and O–H groups in total. The summed E-state index contributed by atoms with van der Waals surface area (Å²) in [6.07, 6.45) is 0.505. The van der Waals surface area contributed by atoms with Gasteiger partial charge in [-0.3, -0.25) is 0 Å². The lowest BCUT2D eigenvalue weighted by molar-refractivity contribution is -0.143. The number of esters is 1. The lowest BCUT2D eigenvalue weighted by Crippen LogP contribution is -2.45. The zero-order valence-corrected chi connectivity index (χ0v) is 16.4. The molecule has 0 fully saturated rings. The number of carbonyl (C=O) groups excluding carboxylic acids is 2. The average molecular weight is 375 g/mol. The Morgan fingerprint density at radius 3 is 2.38 bits per heavy atom. The Hall–Kier alpha value is -2.34. The van der Waals surface area contributed by atoms with Gasteiger partial charge in [0.25, 0.3) is 0 Å².